The van der Waals surface area contributed by atoms with E-state index in [0.717, 1.165) is 4.48 Å². The Morgan fingerprint density at radius 3 is 2.88 bits per heavy atom. The standard InChI is InChI=1S/C5H6BrN2/c6-5-2-1-3-8(7)4-5/h1-2,4,7H,3H2/q+1. The van der Waals surface area contributed by atoms with Crippen LogP contribution in [0.3, 0.4) is 0 Å². The van der Waals surface area contributed by atoms with Crippen LogP contribution >= 0.6 is 15.9 Å². The Bertz CT molecular complexity index is 169. The van der Waals surface area contributed by atoms with Gasteiger partial charge in [-0.25, -0.2) is 0 Å². The fraction of sp³-hybridized carbons (Fsp3) is 0.200. The molecule has 0 saturated carbocycles. The van der Waals surface area contributed by atoms with Gasteiger partial charge in [0.25, 0.3) is 0 Å². The molecule has 2 nitrogen and oxygen atoms in total. The molecular weight excluding hydrogens is 168 g/mol. The summed E-state index contributed by atoms with van der Waals surface area (Å²) in [6.07, 6.45) is 5.59. The number of nitrogens with zero attached hydrogens (tertiary/aromatic N) is 1. The van der Waals surface area contributed by atoms with Crippen molar-refractivity contribution in [3.63, 3.8) is 0 Å². The van der Waals surface area contributed by atoms with Gasteiger partial charge in [0.15, 0.2) is 6.54 Å². The maximum Gasteiger partial charge on any atom is 0.210 e. The van der Waals surface area contributed by atoms with Gasteiger partial charge in [-0.3, -0.25) is 0 Å². The number of nitrogens with one attached hydrogen (secondary N) is 1. The smallest absolute Gasteiger partial charge is 0.0937 e. The molecule has 0 spiro atoms. The van der Waals surface area contributed by atoms with E-state index in [0.29, 0.717) is 6.54 Å². The van der Waals surface area contributed by atoms with E-state index in [9.17, 15) is 0 Å². The Balaban J connectivity index is 2.77. The van der Waals surface area contributed by atoms with E-state index >= 15 is 0 Å². The van der Waals surface area contributed by atoms with Crippen LogP contribution in [0.5, 0.6) is 0 Å². The zero-order valence-corrected chi connectivity index (χ0v) is 5.85. The first kappa shape index (κ1) is 5.69. The molecule has 1 aliphatic rings. The van der Waals surface area contributed by atoms with Crippen molar-refractivity contribution >= 4 is 15.9 Å². The average Bonchev–Trinajstić information content (AvgIpc) is 1.64. The van der Waals surface area contributed by atoms with Crippen LogP contribution in [0.1, 0.15) is 0 Å². The van der Waals surface area contributed by atoms with Gasteiger partial charge in [0.05, 0.1) is 4.48 Å². The van der Waals surface area contributed by atoms with Gasteiger partial charge in [-0.05, 0) is 28.1 Å². The van der Waals surface area contributed by atoms with Crippen molar-refractivity contribution in [1.29, 1.82) is 5.53 Å². The highest BCUT2D eigenvalue weighted by Crippen LogP contribution is 2.09. The van der Waals surface area contributed by atoms with E-state index in [1.54, 1.807) is 6.20 Å². The maximum absolute atomic E-state index is 7.08. The predicted octanol–water partition coefficient (Wildman–Crippen LogP) is 1.84. The van der Waals surface area contributed by atoms with Crippen molar-refractivity contribution in [3.8, 4) is 0 Å². The van der Waals surface area contributed by atoms with E-state index in [-0.39, 0.29) is 0 Å². The van der Waals surface area contributed by atoms with Crippen molar-refractivity contribution in [2.24, 2.45) is 0 Å². The third-order valence-corrected chi connectivity index (χ3v) is 1.33. The largest absolute Gasteiger partial charge is 0.210 e. The van der Waals surface area contributed by atoms with E-state index in [1.807, 2.05) is 12.2 Å². The van der Waals surface area contributed by atoms with Crippen LogP contribution in [-0.4, -0.2) is 11.2 Å². The predicted molar refractivity (Wildman–Crippen MR) is 34.0 cm³/mol. The lowest BCUT2D eigenvalue weighted by atomic mass is 10.4. The summed E-state index contributed by atoms with van der Waals surface area (Å²) in [5.74, 6) is 0. The molecule has 0 atom stereocenters. The van der Waals surface area contributed by atoms with Crippen LogP contribution < -0.4 is 0 Å². The lowest BCUT2D eigenvalue weighted by Gasteiger charge is -1.91. The summed E-state index contributed by atoms with van der Waals surface area (Å²) >= 11 is 3.24. The van der Waals surface area contributed by atoms with Crippen molar-refractivity contribution < 1.29 is 4.70 Å². The van der Waals surface area contributed by atoms with Crippen LogP contribution in [0.4, 0.5) is 0 Å². The molecule has 0 amide bonds. The molecule has 8 heavy (non-hydrogen) atoms. The van der Waals surface area contributed by atoms with Crippen molar-refractivity contribution in [2.75, 3.05) is 6.54 Å². The molecule has 0 aliphatic carbocycles. The zero-order chi connectivity index (χ0) is 5.98. The normalized spacial score (nSPS) is 18.6. The molecule has 3 heteroatoms. The molecule has 0 aromatic rings. The minimum Gasteiger partial charge on any atom is -0.0937 e. The highest BCUT2D eigenvalue weighted by atomic mass is 79.9. The zero-order valence-electron chi connectivity index (χ0n) is 4.26. The first-order chi connectivity index (χ1) is 3.79. The monoisotopic (exact) mass is 173 g/mol. The molecule has 42 valence electrons. The molecule has 1 rings (SSSR count). The Morgan fingerprint density at radius 2 is 2.50 bits per heavy atom. The number of hydrogen-bond acceptors (Lipinski definition) is 1. The molecule has 1 heterocycles. The lowest BCUT2D eigenvalue weighted by Crippen LogP contribution is -2.01. The molecule has 0 saturated heterocycles. The van der Waals surface area contributed by atoms with Crippen LogP contribution in [0.25, 0.3) is 0 Å². The minimum atomic E-state index is 0.690. The molecular formula is C5H6BrN2+. The third kappa shape index (κ3) is 1.26. The van der Waals surface area contributed by atoms with E-state index in [2.05, 4.69) is 15.9 Å². The topological polar surface area (TPSA) is 26.9 Å². The van der Waals surface area contributed by atoms with E-state index in [4.69, 9.17) is 5.53 Å². The van der Waals surface area contributed by atoms with E-state index < -0.39 is 0 Å². The summed E-state index contributed by atoms with van der Waals surface area (Å²) in [4.78, 5) is 0. The van der Waals surface area contributed by atoms with Crippen LogP contribution in [0, 0.1) is 5.53 Å². The van der Waals surface area contributed by atoms with Gasteiger partial charge in [-0.1, -0.05) is 10.2 Å². The third-order valence-electron chi connectivity index (χ3n) is 0.858. The second-order valence-electron chi connectivity index (χ2n) is 1.57. The highest BCUT2D eigenvalue weighted by Gasteiger charge is 2.02. The fourth-order valence-electron chi connectivity index (χ4n) is 0.523. The summed E-state index contributed by atoms with van der Waals surface area (Å²) < 4.78 is 2.32. The summed E-state index contributed by atoms with van der Waals surface area (Å²) in [5.41, 5.74) is 7.08. The first-order valence-corrected chi connectivity index (χ1v) is 3.10. The lowest BCUT2D eigenvalue weighted by molar-refractivity contribution is -0.542. The van der Waals surface area contributed by atoms with Gasteiger partial charge >= 0.3 is 0 Å². The van der Waals surface area contributed by atoms with Crippen LogP contribution in [0.15, 0.2) is 22.8 Å². The van der Waals surface area contributed by atoms with Gasteiger partial charge in [-0.2, -0.15) is 0 Å². The summed E-state index contributed by atoms with van der Waals surface area (Å²) in [6.45, 7) is 0.690. The Hall–Kier alpha value is -0.440. The summed E-state index contributed by atoms with van der Waals surface area (Å²) in [7, 11) is 0. The molecule has 0 aromatic carbocycles. The SMILES string of the molecule is N=[N+]1C=C(Br)C=CC1. The molecule has 0 aromatic heterocycles. The quantitative estimate of drug-likeness (QED) is 0.542. The number of rotatable bonds is 0. The van der Waals surface area contributed by atoms with Gasteiger partial charge < -0.3 is 0 Å². The number of hydrogen-bond donors (Lipinski definition) is 1. The number of halogens is 1. The minimum absolute atomic E-state index is 0.690. The first-order valence-electron chi connectivity index (χ1n) is 2.31. The van der Waals surface area contributed by atoms with Gasteiger partial charge in [0, 0.05) is 0 Å². The molecule has 0 radical (unpaired) electrons. The highest BCUT2D eigenvalue weighted by molar-refractivity contribution is 9.11. The second-order valence-corrected chi connectivity index (χ2v) is 2.48. The van der Waals surface area contributed by atoms with Crippen molar-refractivity contribution in [3.05, 3.63) is 22.8 Å². The van der Waals surface area contributed by atoms with Crippen LogP contribution in [-0.2, 0) is 0 Å². The summed E-state index contributed by atoms with van der Waals surface area (Å²) in [6, 6.07) is 0. The number of allylic oxidation sites excluding steroid dienone is 2. The molecule has 1 aliphatic heterocycles. The Labute approximate surface area is 56.1 Å². The van der Waals surface area contributed by atoms with Crippen molar-refractivity contribution in [2.45, 2.75) is 0 Å². The van der Waals surface area contributed by atoms with Gasteiger partial charge in [0.1, 0.15) is 0 Å². The van der Waals surface area contributed by atoms with Gasteiger partial charge in [0.2, 0.25) is 6.20 Å². The van der Waals surface area contributed by atoms with E-state index in [1.165, 1.54) is 4.70 Å². The fourth-order valence-corrected chi connectivity index (χ4v) is 0.958. The molecule has 1 N–H and O–H groups in total. The van der Waals surface area contributed by atoms with Crippen LogP contribution in [0.2, 0.25) is 0 Å². The summed E-state index contributed by atoms with van der Waals surface area (Å²) in [5, 5.41) is 0. The van der Waals surface area contributed by atoms with Gasteiger partial charge in [-0.15, -0.1) is 0 Å². The molecule has 0 fully saturated rings. The maximum atomic E-state index is 7.08. The average molecular weight is 174 g/mol. The van der Waals surface area contributed by atoms with Crippen molar-refractivity contribution in [1.82, 2.24) is 0 Å². The second kappa shape index (κ2) is 2.22. The Morgan fingerprint density at radius 1 is 1.75 bits per heavy atom. The molecule has 0 bridgehead atoms. The molecule has 0 unspecified atom stereocenters. The Kier molecular flexibility index (Phi) is 1.58.